The van der Waals surface area contributed by atoms with Crippen LogP contribution in [0.15, 0.2) is 12.7 Å². The van der Waals surface area contributed by atoms with E-state index in [2.05, 4.69) is 15.0 Å². The fraction of sp³-hybridized carbons (Fsp3) is 0.583. The van der Waals surface area contributed by atoms with Crippen molar-refractivity contribution < 1.29 is 13.2 Å². The van der Waals surface area contributed by atoms with Gasteiger partial charge in [-0.2, -0.15) is 0 Å². The van der Waals surface area contributed by atoms with E-state index < -0.39 is 34.3 Å². The minimum absolute atomic E-state index is 0.00932. The van der Waals surface area contributed by atoms with Crippen molar-refractivity contribution in [1.82, 2.24) is 19.5 Å². The summed E-state index contributed by atoms with van der Waals surface area (Å²) >= 11 is 0. The summed E-state index contributed by atoms with van der Waals surface area (Å²) in [5.74, 6) is 0.253. The molecule has 1 aliphatic rings. The second-order valence-electron chi connectivity index (χ2n) is 5.72. The van der Waals surface area contributed by atoms with Crippen LogP contribution in [0.3, 0.4) is 0 Å². The number of nitrogens with two attached hydrogens (primary N) is 3. The Bertz CT molecular complexity index is 821. The lowest BCUT2D eigenvalue weighted by molar-refractivity contribution is -0.00300. The van der Waals surface area contributed by atoms with E-state index in [0.717, 1.165) is 0 Å². The molecule has 4 atom stereocenters. The first-order valence-corrected chi connectivity index (χ1v) is 9.11. The van der Waals surface area contributed by atoms with E-state index in [1.807, 2.05) is 0 Å². The van der Waals surface area contributed by atoms with Crippen LogP contribution in [-0.4, -0.2) is 58.1 Å². The van der Waals surface area contributed by atoms with E-state index in [0.29, 0.717) is 11.2 Å². The van der Waals surface area contributed by atoms with Crippen LogP contribution in [0.2, 0.25) is 0 Å². The highest BCUT2D eigenvalue weighted by molar-refractivity contribution is 7.90. The zero-order valence-corrected chi connectivity index (χ0v) is 13.3. The first-order chi connectivity index (χ1) is 10.8. The molecule has 10 nitrogen and oxygen atoms in total. The first-order valence-electron chi connectivity index (χ1n) is 7.05. The van der Waals surface area contributed by atoms with Crippen LogP contribution in [0.4, 0.5) is 5.82 Å². The zero-order valence-electron chi connectivity index (χ0n) is 12.5. The van der Waals surface area contributed by atoms with Gasteiger partial charge in [-0.3, -0.25) is 4.57 Å². The Labute approximate surface area is 132 Å². The Morgan fingerprint density at radius 2 is 2.00 bits per heavy atom. The molecule has 0 bridgehead atoms. The van der Waals surface area contributed by atoms with Gasteiger partial charge in [-0.15, -0.1) is 0 Å². The van der Waals surface area contributed by atoms with Crippen LogP contribution in [0.1, 0.15) is 12.6 Å². The van der Waals surface area contributed by atoms with Gasteiger partial charge in [0.1, 0.15) is 21.7 Å². The van der Waals surface area contributed by atoms with Crippen LogP contribution in [-0.2, 0) is 14.6 Å². The van der Waals surface area contributed by atoms with Gasteiger partial charge in [-0.1, -0.05) is 0 Å². The van der Waals surface area contributed by atoms with E-state index in [1.54, 1.807) is 4.57 Å². The van der Waals surface area contributed by atoms with Gasteiger partial charge < -0.3 is 21.9 Å². The fourth-order valence-electron chi connectivity index (χ4n) is 2.70. The quantitative estimate of drug-likeness (QED) is 0.593. The van der Waals surface area contributed by atoms with E-state index in [1.165, 1.54) is 18.9 Å². The molecule has 3 rings (SSSR count). The van der Waals surface area contributed by atoms with Crippen molar-refractivity contribution in [2.45, 2.75) is 30.8 Å². The van der Waals surface area contributed by atoms with Crippen molar-refractivity contribution in [3.63, 3.8) is 0 Å². The summed E-state index contributed by atoms with van der Waals surface area (Å²) in [6, 6.07) is -1.01. The van der Waals surface area contributed by atoms with Crippen molar-refractivity contribution in [2.24, 2.45) is 11.5 Å². The summed E-state index contributed by atoms with van der Waals surface area (Å²) < 4.78 is 30.2. The predicted molar refractivity (Wildman–Crippen MR) is 83.9 cm³/mol. The third-order valence-electron chi connectivity index (χ3n) is 3.95. The number of aromatic nitrogens is 4. The summed E-state index contributed by atoms with van der Waals surface area (Å²) in [5.41, 5.74) is 18.9. The number of anilines is 1. The summed E-state index contributed by atoms with van der Waals surface area (Å²) in [5, 5.41) is 0. The van der Waals surface area contributed by atoms with Gasteiger partial charge in [0.15, 0.2) is 17.7 Å². The lowest BCUT2D eigenvalue weighted by Gasteiger charge is -2.17. The molecule has 0 radical (unpaired) electrons. The van der Waals surface area contributed by atoms with E-state index >= 15 is 0 Å². The second kappa shape index (κ2) is 5.67. The molecule has 126 valence electrons. The lowest BCUT2D eigenvalue weighted by atomic mass is 10.0. The average Bonchev–Trinajstić information content (AvgIpc) is 3.01. The van der Waals surface area contributed by atoms with Gasteiger partial charge in [0.2, 0.25) is 0 Å². The molecule has 6 N–H and O–H groups in total. The molecule has 23 heavy (non-hydrogen) atoms. The number of hydrogen-bond donors (Lipinski definition) is 3. The second-order valence-corrected chi connectivity index (χ2v) is 7.98. The van der Waals surface area contributed by atoms with Crippen molar-refractivity contribution in [1.29, 1.82) is 0 Å². The van der Waals surface area contributed by atoms with Gasteiger partial charge in [0.25, 0.3) is 0 Å². The standard InChI is InChI=1S/C12H19N7O3S/c1-23(20,21)3-2-6-7(13)8(14)12(22-6)19-5-18-9-10(15)16-4-17-11(9)19/h4-8,12H,2-3,13-14H2,1H3,(H2,15,16,17)/t6-,7-,8-,12-/m1/s1. The van der Waals surface area contributed by atoms with Crippen LogP contribution in [0.5, 0.6) is 0 Å². The molecule has 1 fully saturated rings. The Kier molecular flexibility index (Phi) is 3.96. The number of nitrogens with zero attached hydrogens (tertiary/aromatic N) is 4. The van der Waals surface area contributed by atoms with Crippen molar-refractivity contribution in [3.8, 4) is 0 Å². The van der Waals surface area contributed by atoms with Gasteiger partial charge in [0, 0.05) is 6.26 Å². The minimum Gasteiger partial charge on any atom is -0.382 e. The normalized spacial score (nSPS) is 28.5. The SMILES string of the molecule is CS(=O)(=O)CC[C@H]1O[C@@H](n2cnc3c(N)ncnc32)[C@H](N)[C@@H]1N. The van der Waals surface area contributed by atoms with Gasteiger partial charge in [-0.05, 0) is 6.42 Å². The van der Waals surface area contributed by atoms with Crippen LogP contribution in [0.25, 0.3) is 11.2 Å². The molecule has 1 saturated heterocycles. The van der Waals surface area contributed by atoms with E-state index in [-0.39, 0.29) is 18.0 Å². The number of hydrogen-bond acceptors (Lipinski definition) is 9. The highest BCUT2D eigenvalue weighted by atomic mass is 32.2. The van der Waals surface area contributed by atoms with Gasteiger partial charge in [0.05, 0.1) is 30.3 Å². The summed E-state index contributed by atoms with van der Waals surface area (Å²) in [7, 11) is -3.10. The van der Waals surface area contributed by atoms with Crippen LogP contribution >= 0.6 is 0 Å². The number of imidazole rings is 1. The highest BCUT2D eigenvalue weighted by Gasteiger charge is 2.42. The average molecular weight is 341 g/mol. The van der Waals surface area contributed by atoms with Gasteiger partial charge in [-0.25, -0.2) is 23.4 Å². The fourth-order valence-corrected chi connectivity index (χ4v) is 3.36. The largest absolute Gasteiger partial charge is 0.382 e. The molecule has 0 amide bonds. The minimum atomic E-state index is -3.10. The van der Waals surface area contributed by atoms with E-state index in [9.17, 15) is 8.42 Å². The van der Waals surface area contributed by atoms with Crippen molar-refractivity contribution in [3.05, 3.63) is 12.7 Å². The number of fused-ring (bicyclic) bond motifs is 1. The topological polar surface area (TPSA) is 165 Å². The maximum atomic E-state index is 11.3. The molecule has 0 unspecified atom stereocenters. The molecule has 0 spiro atoms. The monoisotopic (exact) mass is 341 g/mol. The number of sulfone groups is 1. The highest BCUT2D eigenvalue weighted by Crippen LogP contribution is 2.31. The Hall–Kier alpha value is -1.82. The molecular formula is C12H19N7O3S. The Morgan fingerprint density at radius 3 is 2.70 bits per heavy atom. The van der Waals surface area contributed by atoms with Crippen molar-refractivity contribution in [2.75, 3.05) is 17.7 Å². The third kappa shape index (κ3) is 3.00. The number of rotatable bonds is 4. The molecule has 1 aliphatic heterocycles. The molecule has 0 saturated carbocycles. The molecule has 2 aromatic rings. The van der Waals surface area contributed by atoms with Gasteiger partial charge >= 0.3 is 0 Å². The molecular weight excluding hydrogens is 322 g/mol. The number of ether oxygens (including phenoxy) is 1. The third-order valence-corrected chi connectivity index (χ3v) is 4.93. The number of nitrogen functional groups attached to an aromatic ring is 1. The molecule has 0 aliphatic carbocycles. The predicted octanol–water partition coefficient (Wildman–Crippen LogP) is -1.60. The summed E-state index contributed by atoms with van der Waals surface area (Å²) in [4.78, 5) is 12.2. The smallest absolute Gasteiger partial charge is 0.167 e. The molecule has 11 heteroatoms. The molecule has 2 aromatic heterocycles. The zero-order chi connectivity index (χ0) is 16.8. The van der Waals surface area contributed by atoms with Crippen LogP contribution in [0, 0.1) is 0 Å². The first kappa shape index (κ1) is 16.1. The van der Waals surface area contributed by atoms with Crippen molar-refractivity contribution >= 4 is 26.8 Å². The summed E-state index contributed by atoms with van der Waals surface area (Å²) in [6.45, 7) is 0. The Balaban J connectivity index is 1.86. The Morgan fingerprint density at radius 1 is 1.26 bits per heavy atom. The molecule has 0 aromatic carbocycles. The van der Waals surface area contributed by atoms with E-state index in [4.69, 9.17) is 21.9 Å². The maximum Gasteiger partial charge on any atom is 0.167 e. The lowest BCUT2D eigenvalue weighted by Crippen LogP contribution is -2.45. The molecule has 3 heterocycles. The van der Waals surface area contributed by atoms with Crippen LogP contribution < -0.4 is 17.2 Å². The maximum absolute atomic E-state index is 11.3. The summed E-state index contributed by atoms with van der Waals surface area (Å²) in [6.07, 6.45) is 3.26.